The molecule has 1 fully saturated rings. The second kappa shape index (κ2) is 5.43. The van der Waals surface area contributed by atoms with Crippen molar-refractivity contribution >= 4 is 21.5 Å². The summed E-state index contributed by atoms with van der Waals surface area (Å²) in [6.45, 7) is 6.30. The number of rotatable bonds is 5. The summed E-state index contributed by atoms with van der Waals surface area (Å²) in [5.74, 6) is 0.930. The van der Waals surface area contributed by atoms with E-state index in [0.717, 1.165) is 36.4 Å². The van der Waals surface area contributed by atoms with Crippen molar-refractivity contribution in [1.82, 2.24) is 18.9 Å². The lowest BCUT2D eigenvalue weighted by Gasteiger charge is -2.49. The van der Waals surface area contributed by atoms with Gasteiger partial charge in [0.2, 0.25) is 0 Å². The van der Waals surface area contributed by atoms with E-state index in [4.69, 9.17) is 5.14 Å². The summed E-state index contributed by atoms with van der Waals surface area (Å²) >= 11 is 0. The predicted octanol–water partition coefficient (Wildman–Crippen LogP) is 0.389. The van der Waals surface area contributed by atoms with Crippen molar-refractivity contribution in [2.45, 2.75) is 20.3 Å². The van der Waals surface area contributed by atoms with Crippen LogP contribution in [0.25, 0.3) is 5.52 Å². The lowest BCUT2D eigenvalue weighted by Crippen LogP contribution is -2.56. The van der Waals surface area contributed by atoms with E-state index < -0.39 is 10.2 Å². The third kappa shape index (κ3) is 3.04. The van der Waals surface area contributed by atoms with E-state index in [2.05, 4.69) is 21.9 Å². The maximum atomic E-state index is 11.3. The van der Waals surface area contributed by atoms with Crippen molar-refractivity contribution in [3.05, 3.63) is 24.2 Å². The molecule has 0 bridgehead atoms. The molecule has 0 aromatic carbocycles. The smallest absolute Gasteiger partial charge is 0.276 e. The maximum Gasteiger partial charge on any atom is 0.276 e. The molecule has 1 aliphatic rings. The van der Waals surface area contributed by atoms with Crippen LogP contribution in [0.15, 0.2) is 18.6 Å². The summed E-state index contributed by atoms with van der Waals surface area (Å²) in [5, 5.41) is 9.34. The quantitative estimate of drug-likeness (QED) is 0.850. The van der Waals surface area contributed by atoms with Crippen LogP contribution in [0.4, 0.5) is 5.82 Å². The van der Waals surface area contributed by atoms with Gasteiger partial charge in [0.15, 0.2) is 5.82 Å². The van der Waals surface area contributed by atoms with Crippen LogP contribution in [0.2, 0.25) is 0 Å². The lowest BCUT2D eigenvalue weighted by atomic mass is 9.79. The molecule has 2 N–H and O–H groups in total. The van der Waals surface area contributed by atoms with E-state index in [1.54, 1.807) is 6.33 Å². The van der Waals surface area contributed by atoms with Gasteiger partial charge in [-0.25, -0.2) is 14.6 Å². The Morgan fingerprint density at radius 1 is 1.43 bits per heavy atom. The first-order valence-corrected chi connectivity index (χ1v) is 8.98. The van der Waals surface area contributed by atoms with Crippen molar-refractivity contribution in [2.75, 3.05) is 31.6 Å². The Kier molecular flexibility index (Phi) is 3.81. The molecule has 126 valence electrons. The number of aryl methyl sites for hydroxylation is 1. The molecule has 8 nitrogen and oxygen atoms in total. The van der Waals surface area contributed by atoms with Gasteiger partial charge in [-0.15, -0.1) is 0 Å². The number of hydrogen-bond acceptors (Lipinski definition) is 5. The molecule has 0 spiro atoms. The largest absolute Gasteiger partial charge is 0.354 e. The third-order valence-corrected chi connectivity index (χ3v) is 5.60. The Bertz CT molecular complexity index is 825. The highest BCUT2D eigenvalue weighted by molar-refractivity contribution is 7.86. The summed E-state index contributed by atoms with van der Waals surface area (Å²) in [6.07, 6.45) is 4.25. The van der Waals surface area contributed by atoms with Gasteiger partial charge in [0.05, 0.1) is 0 Å². The second-order valence-electron chi connectivity index (χ2n) is 6.66. The molecule has 0 unspecified atom stereocenters. The zero-order chi connectivity index (χ0) is 16.8. The summed E-state index contributed by atoms with van der Waals surface area (Å²) in [5.41, 5.74) is 2.22. The molecule has 23 heavy (non-hydrogen) atoms. The Morgan fingerprint density at radius 3 is 2.78 bits per heavy atom. The van der Waals surface area contributed by atoms with Gasteiger partial charge < -0.3 is 4.90 Å². The van der Waals surface area contributed by atoms with Gasteiger partial charge in [-0.3, -0.25) is 0 Å². The first-order chi connectivity index (χ1) is 10.7. The van der Waals surface area contributed by atoms with Crippen LogP contribution in [0.1, 0.15) is 18.9 Å². The number of nitrogens with zero attached hydrogens (tertiary/aromatic N) is 5. The lowest BCUT2D eigenvalue weighted by molar-refractivity contribution is 0.208. The van der Waals surface area contributed by atoms with Gasteiger partial charge >= 0.3 is 0 Å². The molecular weight excluding hydrogens is 316 g/mol. The zero-order valence-electron chi connectivity index (χ0n) is 13.6. The molecule has 9 heteroatoms. The number of anilines is 1. The monoisotopic (exact) mass is 338 g/mol. The van der Waals surface area contributed by atoms with Crippen molar-refractivity contribution in [3.63, 3.8) is 0 Å². The first kappa shape index (κ1) is 16.2. The SMILES string of the molecule is Cc1ccn2ncnc(N3CC(C)(CCN(C)S(N)(=O)=O)C3)c12. The van der Waals surface area contributed by atoms with Crippen molar-refractivity contribution < 1.29 is 8.42 Å². The topological polar surface area (TPSA) is 96.8 Å². The van der Waals surface area contributed by atoms with E-state index in [9.17, 15) is 8.42 Å². The number of aromatic nitrogens is 3. The van der Waals surface area contributed by atoms with Gasteiger partial charge in [-0.2, -0.15) is 17.8 Å². The zero-order valence-corrected chi connectivity index (χ0v) is 14.4. The fourth-order valence-corrected chi connectivity index (χ4v) is 3.40. The minimum absolute atomic E-state index is 0.0569. The number of nitrogens with two attached hydrogens (primary N) is 1. The summed E-state index contributed by atoms with van der Waals surface area (Å²) in [6, 6.07) is 2.02. The minimum atomic E-state index is -3.61. The Balaban J connectivity index is 1.69. The predicted molar refractivity (Wildman–Crippen MR) is 88.4 cm³/mol. The van der Waals surface area contributed by atoms with Crippen molar-refractivity contribution in [1.29, 1.82) is 0 Å². The highest BCUT2D eigenvalue weighted by Crippen LogP contribution is 2.38. The van der Waals surface area contributed by atoms with Crippen molar-refractivity contribution in [3.8, 4) is 0 Å². The molecule has 2 aromatic rings. The fraction of sp³-hybridized carbons (Fsp3) is 0.571. The second-order valence-corrected chi connectivity index (χ2v) is 8.31. The standard InChI is InChI=1S/C14H22N6O2S/c1-11-4-6-20-12(11)13(16-10-17-20)19-8-14(2,9-19)5-7-18(3)23(15,21)22/h4,6,10H,5,7-9H2,1-3H3,(H2,15,21,22). The highest BCUT2D eigenvalue weighted by Gasteiger charge is 2.40. The highest BCUT2D eigenvalue weighted by atomic mass is 32.2. The maximum absolute atomic E-state index is 11.3. The molecule has 3 rings (SSSR count). The number of hydrogen-bond donors (Lipinski definition) is 1. The van der Waals surface area contributed by atoms with Gasteiger partial charge in [-0.05, 0) is 25.0 Å². The van der Waals surface area contributed by atoms with E-state index in [1.807, 2.05) is 23.7 Å². The van der Waals surface area contributed by atoms with Crippen molar-refractivity contribution in [2.24, 2.45) is 10.6 Å². The Hall–Kier alpha value is -1.71. The molecule has 1 saturated heterocycles. The van der Waals surface area contributed by atoms with Crippen LogP contribution in [0, 0.1) is 12.3 Å². The van der Waals surface area contributed by atoms with Gasteiger partial charge in [-0.1, -0.05) is 6.92 Å². The summed E-state index contributed by atoms with van der Waals surface area (Å²) in [7, 11) is -2.10. The van der Waals surface area contributed by atoms with Crippen LogP contribution >= 0.6 is 0 Å². The van der Waals surface area contributed by atoms with E-state index in [1.165, 1.54) is 11.4 Å². The van der Waals surface area contributed by atoms with Crippen LogP contribution in [0.3, 0.4) is 0 Å². The van der Waals surface area contributed by atoms with E-state index >= 15 is 0 Å². The van der Waals surface area contributed by atoms with Gasteiger partial charge in [0, 0.05) is 38.3 Å². The third-order valence-electron chi connectivity index (χ3n) is 4.55. The summed E-state index contributed by atoms with van der Waals surface area (Å²) < 4.78 is 25.6. The Labute approximate surface area is 136 Å². The Morgan fingerprint density at radius 2 is 2.13 bits per heavy atom. The van der Waals surface area contributed by atoms with Crippen LogP contribution in [-0.4, -0.2) is 54.0 Å². The van der Waals surface area contributed by atoms with Crippen LogP contribution in [0.5, 0.6) is 0 Å². The van der Waals surface area contributed by atoms with E-state index in [0.29, 0.717) is 6.54 Å². The fourth-order valence-electron chi connectivity index (χ4n) is 3.06. The average molecular weight is 338 g/mol. The molecule has 0 amide bonds. The molecule has 0 atom stereocenters. The molecule has 0 aliphatic carbocycles. The molecule has 2 aromatic heterocycles. The molecule has 0 saturated carbocycles. The van der Waals surface area contributed by atoms with Gasteiger partial charge in [0.1, 0.15) is 11.8 Å². The molecule has 1 aliphatic heterocycles. The normalized spacial score (nSPS) is 17.7. The molecule has 3 heterocycles. The van der Waals surface area contributed by atoms with Crippen LogP contribution in [-0.2, 0) is 10.2 Å². The average Bonchev–Trinajstić information content (AvgIpc) is 2.82. The molecule has 0 radical (unpaired) electrons. The van der Waals surface area contributed by atoms with Gasteiger partial charge in [0.25, 0.3) is 10.2 Å². The number of fused-ring (bicyclic) bond motifs is 1. The van der Waals surface area contributed by atoms with Crippen LogP contribution < -0.4 is 10.0 Å². The molecular formula is C14H22N6O2S. The minimum Gasteiger partial charge on any atom is -0.354 e. The van der Waals surface area contributed by atoms with E-state index in [-0.39, 0.29) is 5.41 Å². The summed E-state index contributed by atoms with van der Waals surface area (Å²) in [4.78, 5) is 6.64. The first-order valence-electron chi connectivity index (χ1n) is 7.48.